The number of hydrogen-bond donors (Lipinski definition) is 2. The topological polar surface area (TPSA) is 66.6 Å². The molecule has 3 aromatic rings. The highest BCUT2D eigenvalue weighted by molar-refractivity contribution is 14.0. The minimum atomic E-state index is 0. The number of benzene rings is 1. The van der Waals surface area contributed by atoms with E-state index in [9.17, 15) is 0 Å². The van der Waals surface area contributed by atoms with Gasteiger partial charge in [-0.2, -0.15) is 0 Å². The fraction of sp³-hybridized carbons (Fsp3) is 0.316. The minimum absolute atomic E-state index is 0. The zero-order valence-corrected chi connectivity index (χ0v) is 17.7. The van der Waals surface area contributed by atoms with Crippen LogP contribution in [0.5, 0.6) is 0 Å². The molecule has 0 bridgehead atoms. The van der Waals surface area contributed by atoms with Gasteiger partial charge in [0.2, 0.25) is 0 Å². The summed E-state index contributed by atoms with van der Waals surface area (Å²) in [6, 6.07) is 12.5. The van der Waals surface area contributed by atoms with Gasteiger partial charge in [0.25, 0.3) is 0 Å². The second-order valence-corrected chi connectivity index (χ2v) is 6.14. The van der Waals surface area contributed by atoms with E-state index in [4.69, 9.17) is 0 Å². The summed E-state index contributed by atoms with van der Waals surface area (Å²) in [4.78, 5) is 4.27. The molecule has 26 heavy (non-hydrogen) atoms. The van der Waals surface area contributed by atoms with Crippen LogP contribution in [0.4, 0.5) is 0 Å². The van der Waals surface area contributed by atoms with Crippen LogP contribution in [0.2, 0.25) is 0 Å². The number of pyridine rings is 1. The molecule has 0 radical (unpaired) electrons. The minimum Gasteiger partial charge on any atom is -0.356 e. The highest BCUT2D eigenvalue weighted by Crippen LogP contribution is 2.09. The van der Waals surface area contributed by atoms with Crippen molar-refractivity contribution in [3.8, 4) is 0 Å². The van der Waals surface area contributed by atoms with E-state index in [-0.39, 0.29) is 24.0 Å². The van der Waals surface area contributed by atoms with Crippen molar-refractivity contribution in [2.24, 2.45) is 4.99 Å². The molecular formula is C19H25IN6. The lowest BCUT2D eigenvalue weighted by Crippen LogP contribution is -2.38. The molecule has 0 saturated carbocycles. The van der Waals surface area contributed by atoms with Crippen molar-refractivity contribution in [1.29, 1.82) is 0 Å². The maximum Gasteiger partial charge on any atom is 0.191 e. The summed E-state index contributed by atoms with van der Waals surface area (Å²) in [7, 11) is 1.77. The number of rotatable bonds is 5. The maximum absolute atomic E-state index is 4.27. The molecule has 0 aliphatic rings. The number of aromatic nitrogens is 3. The molecule has 0 unspecified atom stereocenters. The van der Waals surface area contributed by atoms with E-state index < -0.39 is 0 Å². The number of fused-ring (bicyclic) bond motifs is 1. The monoisotopic (exact) mass is 464 g/mol. The van der Waals surface area contributed by atoms with Crippen LogP contribution < -0.4 is 10.6 Å². The number of aliphatic imine (C=N–C) groups is 1. The Labute approximate surface area is 171 Å². The molecule has 0 fully saturated rings. The molecule has 2 heterocycles. The predicted molar refractivity (Wildman–Crippen MR) is 116 cm³/mol. The van der Waals surface area contributed by atoms with E-state index in [0.29, 0.717) is 6.54 Å². The third-order valence-electron chi connectivity index (χ3n) is 4.01. The molecule has 2 aromatic heterocycles. The summed E-state index contributed by atoms with van der Waals surface area (Å²) in [6.45, 7) is 5.65. The number of aryl methyl sites for hydroxylation is 2. The van der Waals surface area contributed by atoms with Gasteiger partial charge in [0.05, 0.1) is 6.54 Å². The Hall–Kier alpha value is -2.16. The summed E-state index contributed by atoms with van der Waals surface area (Å²) in [6.07, 6.45) is 2.92. The summed E-state index contributed by atoms with van der Waals surface area (Å²) < 4.78 is 1.97. The van der Waals surface area contributed by atoms with E-state index in [1.165, 1.54) is 16.7 Å². The first kappa shape index (κ1) is 20.2. The molecule has 0 aliphatic heterocycles. The average molecular weight is 464 g/mol. The number of nitrogens with one attached hydrogen (secondary N) is 2. The van der Waals surface area contributed by atoms with Gasteiger partial charge < -0.3 is 10.6 Å². The van der Waals surface area contributed by atoms with Crippen LogP contribution in [-0.4, -0.2) is 34.2 Å². The quantitative estimate of drug-likeness (QED) is 0.346. The SMILES string of the molecule is CN=C(NCCc1cc(C)cc(C)c1)NCc1nnc2ccccn12.I. The first-order valence-electron chi connectivity index (χ1n) is 8.46. The third-order valence-corrected chi connectivity index (χ3v) is 4.01. The zero-order valence-electron chi connectivity index (χ0n) is 15.4. The van der Waals surface area contributed by atoms with Gasteiger partial charge in [-0.1, -0.05) is 35.4 Å². The fourth-order valence-electron chi connectivity index (χ4n) is 2.93. The van der Waals surface area contributed by atoms with Gasteiger partial charge in [-0.15, -0.1) is 34.2 Å². The van der Waals surface area contributed by atoms with Gasteiger partial charge in [0.15, 0.2) is 17.4 Å². The number of guanidine groups is 1. The Balaban J connectivity index is 0.00000243. The Bertz CT molecular complexity index is 866. The second-order valence-electron chi connectivity index (χ2n) is 6.14. The Morgan fingerprint density at radius 1 is 1.08 bits per heavy atom. The van der Waals surface area contributed by atoms with E-state index in [0.717, 1.165) is 30.4 Å². The highest BCUT2D eigenvalue weighted by atomic mass is 127. The van der Waals surface area contributed by atoms with E-state index in [2.05, 4.69) is 57.9 Å². The molecule has 7 heteroatoms. The largest absolute Gasteiger partial charge is 0.356 e. The van der Waals surface area contributed by atoms with Crippen molar-refractivity contribution in [1.82, 2.24) is 25.2 Å². The summed E-state index contributed by atoms with van der Waals surface area (Å²) in [5.41, 5.74) is 4.79. The first-order valence-corrected chi connectivity index (χ1v) is 8.46. The van der Waals surface area contributed by atoms with E-state index in [1.807, 2.05) is 28.8 Å². The van der Waals surface area contributed by atoms with Crippen LogP contribution in [0, 0.1) is 13.8 Å². The normalized spacial score (nSPS) is 11.3. The summed E-state index contributed by atoms with van der Waals surface area (Å²) in [5, 5.41) is 15.0. The molecule has 6 nitrogen and oxygen atoms in total. The molecule has 3 rings (SSSR count). The van der Waals surface area contributed by atoms with Crippen molar-refractivity contribution in [3.05, 3.63) is 65.1 Å². The lowest BCUT2D eigenvalue weighted by atomic mass is 10.1. The smallest absolute Gasteiger partial charge is 0.191 e. The molecule has 138 valence electrons. The highest BCUT2D eigenvalue weighted by Gasteiger charge is 2.05. The van der Waals surface area contributed by atoms with Gasteiger partial charge in [-0.05, 0) is 38.0 Å². The number of hydrogen-bond acceptors (Lipinski definition) is 3. The lowest BCUT2D eigenvalue weighted by molar-refractivity contribution is 0.757. The zero-order chi connectivity index (χ0) is 17.6. The molecule has 1 aromatic carbocycles. The molecule has 0 aliphatic carbocycles. The van der Waals surface area contributed by atoms with Crippen molar-refractivity contribution >= 4 is 35.6 Å². The van der Waals surface area contributed by atoms with Crippen LogP contribution in [-0.2, 0) is 13.0 Å². The lowest BCUT2D eigenvalue weighted by Gasteiger charge is -2.12. The second kappa shape index (κ2) is 9.51. The van der Waals surface area contributed by atoms with Gasteiger partial charge in [0.1, 0.15) is 0 Å². The molecule has 0 amide bonds. The van der Waals surface area contributed by atoms with Gasteiger partial charge in [0, 0.05) is 19.8 Å². The maximum atomic E-state index is 4.27. The van der Waals surface area contributed by atoms with Gasteiger partial charge >= 0.3 is 0 Å². The fourth-order valence-corrected chi connectivity index (χ4v) is 2.93. The Morgan fingerprint density at radius 2 is 1.85 bits per heavy atom. The third kappa shape index (κ3) is 5.17. The first-order chi connectivity index (χ1) is 12.2. The van der Waals surface area contributed by atoms with Crippen molar-refractivity contribution < 1.29 is 0 Å². The van der Waals surface area contributed by atoms with E-state index >= 15 is 0 Å². The van der Waals surface area contributed by atoms with Crippen LogP contribution in [0.25, 0.3) is 5.65 Å². The summed E-state index contributed by atoms with van der Waals surface area (Å²) >= 11 is 0. The van der Waals surface area contributed by atoms with Crippen LogP contribution in [0.15, 0.2) is 47.6 Å². The van der Waals surface area contributed by atoms with Crippen molar-refractivity contribution in [2.75, 3.05) is 13.6 Å². The predicted octanol–water partition coefficient (Wildman–Crippen LogP) is 2.87. The van der Waals surface area contributed by atoms with Crippen molar-refractivity contribution in [2.45, 2.75) is 26.8 Å². The molecule has 2 N–H and O–H groups in total. The molecular weight excluding hydrogens is 439 g/mol. The van der Waals surface area contributed by atoms with E-state index in [1.54, 1.807) is 7.05 Å². The van der Waals surface area contributed by atoms with Crippen LogP contribution in [0.3, 0.4) is 0 Å². The standard InChI is InChI=1S/C19H24N6.HI/c1-14-10-15(2)12-16(11-14)7-8-21-19(20-3)22-13-18-24-23-17-6-4-5-9-25(17)18;/h4-6,9-12H,7-8,13H2,1-3H3,(H2,20,21,22);1H. The number of nitrogens with zero attached hydrogens (tertiary/aromatic N) is 4. The van der Waals surface area contributed by atoms with Gasteiger partial charge in [-0.3, -0.25) is 9.39 Å². The Kier molecular flexibility index (Phi) is 7.38. The molecule has 0 atom stereocenters. The van der Waals surface area contributed by atoms with Crippen LogP contribution >= 0.6 is 24.0 Å². The summed E-state index contributed by atoms with van der Waals surface area (Å²) in [5.74, 6) is 1.62. The Morgan fingerprint density at radius 3 is 2.58 bits per heavy atom. The molecule has 0 saturated heterocycles. The van der Waals surface area contributed by atoms with Crippen LogP contribution in [0.1, 0.15) is 22.5 Å². The van der Waals surface area contributed by atoms with Crippen molar-refractivity contribution in [3.63, 3.8) is 0 Å². The molecule has 0 spiro atoms. The average Bonchev–Trinajstić information content (AvgIpc) is 3.00. The number of halogens is 1. The van der Waals surface area contributed by atoms with Gasteiger partial charge in [-0.25, -0.2) is 0 Å².